The van der Waals surface area contributed by atoms with Crippen molar-refractivity contribution in [1.82, 2.24) is 14.9 Å². The summed E-state index contributed by atoms with van der Waals surface area (Å²) >= 11 is 3.47. The van der Waals surface area contributed by atoms with E-state index in [1.807, 2.05) is 0 Å². The molecule has 18 heavy (non-hydrogen) atoms. The Morgan fingerprint density at radius 2 is 1.94 bits per heavy atom. The number of rotatable bonds is 6. The standard InChI is InChI=1S/C12H22BrN5/c1-9(2)7-18(6-5-17(3)4)12-10(13)11(14)15-8-16-12/h8-9H,5-7H2,1-4H3,(H2,14,15,16). The van der Waals surface area contributed by atoms with Crippen LogP contribution in [0.4, 0.5) is 11.6 Å². The van der Waals surface area contributed by atoms with Crippen LogP contribution in [0.15, 0.2) is 10.8 Å². The number of hydrogen-bond acceptors (Lipinski definition) is 5. The molecule has 1 heterocycles. The van der Waals surface area contributed by atoms with Gasteiger partial charge in [-0.15, -0.1) is 0 Å². The van der Waals surface area contributed by atoms with Gasteiger partial charge in [0.2, 0.25) is 0 Å². The quantitative estimate of drug-likeness (QED) is 0.868. The Labute approximate surface area is 118 Å². The summed E-state index contributed by atoms with van der Waals surface area (Å²) in [7, 11) is 4.13. The number of halogens is 1. The van der Waals surface area contributed by atoms with Crippen LogP contribution in [0.3, 0.4) is 0 Å². The van der Waals surface area contributed by atoms with E-state index in [1.54, 1.807) is 0 Å². The van der Waals surface area contributed by atoms with Crippen molar-refractivity contribution in [3.63, 3.8) is 0 Å². The van der Waals surface area contributed by atoms with Crippen LogP contribution in [-0.2, 0) is 0 Å². The molecule has 0 unspecified atom stereocenters. The van der Waals surface area contributed by atoms with Crippen LogP contribution in [-0.4, -0.2) is 48.6 Å². The Kier molecular flexibility index (Phi) is 5.81. The maximum atomic E-state index is 5.81. The number of nitrogen functional groups attached to an aromatic ring is 1. The normalized spacial score (nSPS) is 11.3. The van der Waals surface area contributed by atoms with E-state index in [0.717, 1.165) is 29.9 Å². The van der Waals surface area contributed by atoms with Gasteiger partial charge in [0.05, 0.1) is 0 Å². The smallest absolute Gasteiger partial charge is 0.148 e. The minimum absolute atomic E-state index is 0.485. The van der Waals surface area contributed by atoms with Gasteiger partial charge >= 0.3 is 0 Å². The third kappa shape index (κ3) is 4.42. The average Bonchev–Trinajstić information content (AvgIpc) is 2.27. The highest BCUT2D eigenvalue weighted by Gasteiger charge is 2.15. The molecule has 5 nitrogen and oxygen atoms in total. The van der Waals surface area contributed by atoms with Gasteiger partial charge in [0.1, 0.15) is 22.4 Å². The summed E-state index contributed by atoms with van der Waals surface area (Å²) in [5.41, 5.74) is 5.81. The molecule has 1 aromatic heterocycles. The van der Waals surface area contributed by atoms with Gasteiger partial charge < -0.3 is 15.5 Å². The van der Waals surface area contributed by atoms with Crippen LogP contribution in [0, 0.1) is 5.92 Å². The summed E-state index contributed by atoms with van der Waals surface area (Å²) in [6.45, 7) is 7.23. The molecule has 0 bridgehead atoms. The van der Waals surface area contributed by atoms with Gasteiger partial charge in [0.15, 0.2) is 0 Å². The molecule has 0 saturated carbocycles. The van der Waals surface area contributed by atoms with Gasteiger partial charge in [0, 0.05) is 19.6 Å². The molecule has 0 spiro atoms. The van der Waals surface area contributed by atoms with Crippen LogP contribution in [0.2, 0.25) is 0 Å². The van der Waals surface area contributed by atoms with Crippen LogP contribution in [0.1, 0.15) is 13.8 Å². The molecule has 0 amide bonds. The Morgan fingerprint density at radius 3 is 2.50 bits per heavy atom. The topological polar surface area (TPSA) is 58.3 Å². The van der Waals surface area contributed by atoms with Crippen molar-refractivity contribution in [2.45, 2.75) is 13.8 Å². The van der Waals surface area contributed by atoms with Gasteiger partial charge in [-0.3, -0.25) is 0 Å². The first kappa shape index (κ1) is 15.2. The van der Waals surface area contributed by atoms with E-state index in [9.17, 15) is 0 Å². The molecule has 1 rings (SSSR count). The van der Waals surface area contributed by atoms with Gasteiger partial charge in [-0.05, 0) is 35.9 Å². The molecule has 0 saturated heterocycles. The van der Waals surface area contributed by atoms with Crippen LogP contribution < -0.4 is 10.6 Å². The van der Waals surface area contributed by atoms with Crippen molar-refractivity contribution < 1.29 is 0 Å². The molecule has 2 N–H and O–H groups in total. The molecule has 0 aliphatic heterocycles. The monoisotopic (exact) mass is 315 g/mol. The fourth-order valence-electron chi connectivity index (χ4n) is 1.64. The van der Waals surface area contributed by atoms with E-state index in [4.69, 9.17) is 5.73 Å². The molecule has 0 aromatic carbocycles. The number of likely N-dealkylation sites (N-methyl/N-ethyl adjacent to an activating group) is 1. The predicted octanol–water partition coefficient (Wildman–Crippen LogP) is 1.85. The van der Waals surface area contributed by atoms with Gasteiger partial charge in [0.25, 0.3) is 0 Å². The Morgan fingerprint density at radius 1 is 1.28 bits per heavy atom. The summed E-state index contributed by atoms with van der Waals surface area (Å²) in [4.78, 5) is 12.7. The summed E-state index contributed by atoms with van der Waals surface area (Å²) in [6.07, 6.45) is 1.51. The second-order valence-corrected chi connectivity index (χ2v) is 5.83. The van der Waals surface area contributed by atoms with Gasteiger partial charge in [-0.25, -0.2) is 9.97 Å². The van der Waals surface area contributed by atoms with Crippen LogP contribution in [0.5, 0.6) is 0 Å². The molecule has 0 aliphatic carbocycles. The maximum Gasteiger partial charge on any atom is 0.148 e. The summed E-state index contributed by atoms with van der Waals surface area (Å²) in [5, 5.41) is 0. The lowest BCUT2D eigenvalue weighted by Gasteiger charge is -2.27. The summed E-state index contributed by atoms with van der Waals surface area (Å²) < 4.78 is 0.782. The zero-order chi connectivity index (χ0) is 13.7. The molecule has 6 heteroatoms. The van der Waals surface area contributed by atoms with Crippen molar-refractivity contribution in [3.8, 4) is 0 Å². The highest BCUT2D eigenvalue weighted by Crippen LogP contribution is 2.27. The number of hydrogen-bond donors (Lipinski definition) is 1. The predicted molar refractivity (Wildman–Crippen MR) is 79.7 cm³/mol. The lowest BCUT2D eigenvalue weighted by molar-refractivity contribution is 0.408. The molecular weight excluding hydrogens is 294 g/mol. The number of nitrogens with two attached hydrogens (primary N) is 1. The number of nitrogens with zero attached hydrogens (tertiary/aromatic N) is 4. The fraction of sp³-hybridized carbons (Fsp3) is 0.667. The molecular formula is C12H22BrN5. The SMILES string of the molecule is CC(C)CN(CCN(C)C)c1ncnc(N)c1Br. The van der Waals surface area contributed by atoms with Crippen molar-refractivity contribution in [1.29, 1.82) is 0 Å². The number of anilines is 2. The first-order valence-electron chi connectivity index (χ1n) is 6.07. The average molecular weight is 316 g/mol. The van der Waals surface area contributed by atoms with Crippen LogP contribution >= 0.6 is 15.9 Å². The minimum atomic E-state index is 0.485. The van der Waals surface area contributed by atoms with E-state index in [-0.39, 0.29) is 0 Å². The highest BCUT2D eigenvalue weighted by atomic mass is 79.9. The lowest BCUT2D eigenvalue weighted by atomic mass is 10.2. The minimum Gasteiger partial charge on any atom is -0.383 e. The highest BCUT2D eigenvalue weighted by molar-refractivity contribution is 9.10. The first-order valence-corrected chi connectivity index (χ1v) is 6.86. The summed E-state index contributed by atoms with van der Waals surface area (Å²) in [6, 6.07) is 0. The molecule has 0 fully saturated rings. The fourth-order valence-corrected chi connectivity index (χ4v) is 2.09. The van der Waals surface area contributed by atoms with Crippen molar-refractivity contribution in [2.24, 2.45) is 5.92 Å². The zero-order valence-electron chi connectivity index (χ0n) is 11.5. The largest absolute Gasteiger partial charge is 0.383 e. The van der Waals surface area contributed by atoms with E-state index in [1.165, 1.54) is 6.33 Å². The maximum absolute atomic E-state index is 5.81. The Hall–Kier alpha value is -0.880. The Balaban J connectivity index is 2.90. The Bertz CT molecular complexity index is 381. The van der Waals surface area contributed by atoms with E-state index >= 15 is 0 Å². The second-order valence-electron chi connectivity index (χ2n) is 5.04. The molecule has 0 atom stereocenters. The van der Waals surface area contributed by atoms with Crippen molar-refractivity contribution >= 4 is 27.6 Å². The molecule has 0 radical (unpaired) electrons. The third-order valence-electron chi connectivity index (χ3n) is 2.50. The van der Waals surface area contributed by atoms with E-state index < -0.39 is 0 Å². The van der Waals surface area contributed by atoms with Crippen molar-refractivity contribution in [2.75, 3.05) is 44.4 Å². The van der Waals surface area contributed by atoms with Crippen LogP contribution in [0.25, 0.3) is 0 Å². The van der Waals surface area contributed by atoms with Gasteiger partial charge in [-0.2, -0.15) is 0 Å². The van der Waals surface area contributed by atoms with Gasteiger partial charge in [-0.1, -0.05) is 13.8 Å². The molecule has 102 valence electrons. The van der Waals surface area contributed by atoms with E-state index in [2.05, 4.69) is 63.6 Å². The third-order valence-corrected chi connectivity index (χ3v) is 3.26. The lowest BCUT2D eigenvalue weighted by Crippen LogP contribution is -2.35. The number of aromatic nitrogens is 2. The zero-order valence-corrected chi connectivity index (χ0v) is 13.1. The van der Waals surface area contributed by atoms with Crippen molar-refractivity contribution in [3.05, 3.63) is 10.8 Å². The summed E-state index contributed by atoms with van der Waals surface area (Å²) in [5.74, 6) is 1.92. The first-order chi connectivity index (χ1) is 8.41. The molecule has 1 aromatic rings. The van der Waals surface area contributed by atoms with E-state index in [0.29, 0.717) is 11.7 Å². The molecule has 0 aliphatic rings. The second kappa shape index (κ2) is 6.89.